The number of aromatic nitrogens is 4. The first-order valence-corrected chi connectivity index (χ1v) is 9.00. The number of nitrogens with zero attached hydrogens (tertiary/aromatic N) is 5. The molecule has 3 rings (SSSR count). The fourth-order valence-electron chi connectivity index (χ4n) is 2.92. The number of nitrogens with one attached hydrogen (secondary N) is 1. The van der Waals surface area contributed by atoms with Crippen LogP contribution in [0, 0.1) is 0 Å². The van der Waals surface area contributed by atoms with Gasteiger partial charge in [0, 0.05) is 50.3 Å². The first kappa shape index (κ1) is 18.4. The highest BCUT2D eigenvalue weighted by Gasteiger charge is 2.25. The topological polar surface area (TPSA) is 98.3 Å². The molecule has 1 N–H and O–H groups in total. The Morgan fingerprint density at radius 1 is 1.42 bits per heavy atom. The lowest BCUT2D eigenvalue weighted by molar-refractivity contribution is 0.109. The summed E-state index contributed by atoms with van der Waals surface area (Å²) in [6.07, 6.45) is 1.35. The number of ether oxygens (including phenoxy) is 1. The minimum Gasteiger partial charge on any atom is -0.376 e. The van der Waals surface area contributed by atoms with Crippen molar-refractivity contribution >= 4 is 6.03 Å². The van der Waals surface area contributed by atoms with Gasteiger partial charge in [0.2, 0.25) is 0 Å². The number of likely N-dealkylation sites (N-methyl/N-ethyl adjacent to an activating group) is 1. The van der Waals surface area contributed by atoms with Gasteiger partial charge in [-0.1, -0.05) is 5.16 Å². The molecule has 9 nitrogen and oxygen atoms in total. The van der Waals surface area contributed by atoms with Crippen molar-refractivity contribution in [3.8, 4) is 11.6 Å². The lowest BCUT2D eigenvalue weighted by Gasteiger charge is -2.18. The summed E-state index contributed by atoms with van der Waals surface area (Å²) in [7, 11) is 1.75. The molecular weight excluding hydrogens is 336 g/mol. The fourth-order valence-corrected chi connectivity index (χ4v) is 2.92. The van der Waals surface area contributed by atoms with Crippen molar-refractivity contribution in [3.05, 3.63) is 17.1 Å². The zero-order valence-corrected chi connectivity index (χ0v) is 15.8. The van der Waals surface area contributed by atoms with Gasteiger partial charge < -0.3 is 19.5 Å². The van der Waals surface area contributed by atoms with E-state index in [-0.39, 0.29) is 12.1 Å². The van der Waals surface area contributed by atoms with Crippen LogP contribution in [0.1, 0.15) is 37.9 Å². The van der Waals surface area contributed by atoms with Crippen molar-refractivity contribution in [2.75, 3.05) is 20.2 Å². The Morgan fingerprint density at radius 3 is 2.96 bits per heavy atom. The van der Waals surface area contributed by atoms with Crippen molar-refractivity contribution < 1.29 is 14.1 Å². The van der Waals surface area contributed by atoms with E-state index in [9.17, 15) is 4.79 Å². The molecule has 0 bridgehead atoms. The molecule has 142 valence electrons. The number of hydrogen-bond acceptors (Lipinski definition) is 6. The molecule has 2 aromatic heterocycles. The predicted octanol–water partition coefficient (Wildman–Crippen LogP) is 1.62. The summed E-state index contributed by atoms with van der Waals surface area (Å²) in [5.41, 5.74) is 2.91. The average molecular weight is 362 g/mol. The Hall–Kier alpha value is -2.42. The standard InChI is InChI=1S/C17H26N6O3/c1-5-23-13-7-9-25-10-12(13)15(20-23)16-19-14(21-26-16)6-8-22(4)17(24)18-11(2)3/h11H,5-10H2,1-4H3,(H,18,24). The third kappa shape index (κ3) is 3.87. The summed E-state index contributed by atoms with van der Waals surface area (Å²) in [5, 5.41) is 11.5. The first-order valence-electron chi connectivity index (χ1n) is 9.00. The van der Waals surface area contributed by atoms with Crippen molar-refractivity contribution in [1.82, 2.24) is 30.1 Å². The van der Waals surface area contributed by atoms with Gasteiger partial charge in [-0.15, -0.1) is 0 Å². The molecular formula is C17H26N6O3. The van der Waals surface area contributed by atoms with Crippen LogP contribution in [0.25, 0.3) is 11.6 Å². The second-order valence-electron chi connectivity index (χ2n) is 6.68. The Balaban J connectivity index is 1.69. The maximum atomic E-state index is 11.9. The molecule has 0 saturated heterocycles. The molecule has 2 amide bonds. The summed E-state index contributed by atoms with van der Waals surface area (Å²) < 4.78 is 13.0. The zero-order valence-electron chi connectivity index (χ0n) is 15.8. The molecule has 1 aliphatic heterocycles. The molecule has 9 heteroatoms. The number of rotatable bonds is 6. The molecule has 0 aliphatic carbocycles. The SMILES string of the molecule is CCn1nc(-c2nc(CCN(C)C(=O)NC(C)C)no2)c2c1CCOC2. The number of fused-ring (bicyclic) bond motifs is 1. The van der Waals surface area contributed by atoms with Gasteiger partial charge in [0.1, 0.15) is 0 Å². The molecule has 2 aromatic rings. The van der Waals surface area contributed by atoms with E-state index in [0.29, 0.717) is 43.6 Å². The smallest absolute Gasteiger partial charge is 0.317 e. The van der Waals surface area contributed by atoms with Crippen molar-refractivity contribution in [3.63, 3.8) is 0 Å². The first-order chi connectivity index (χ1) is 12.5. The molecule has 0 atom stereocenters. The molecule has 0 fully saturated rings. The number of hydrogen-bond donors (Lipinski definition) is 1. The lowest BCUT2D eigenvalue weighted by Crippen LogP contribution is -2.41. The van der Waals surface area contributed by atoms with Crippen LogP contribution in [0.3, 0.4) is 0 Å². The van der Waals surface area contributed by atoms with E-state index in [1.165, 1.54) is 5.69 Å². The van der Waals surface area contributed by atoms with Crippen LogP contribution in [0.5, 0.6) is 0 Å². The number of carbonyl (C=O) groups excluding carboxylic acids is 1. The van der Waals surface area contributed by atoms with Crippen LogP contribution in [0.4, 0.5) is 4.79 Å². The highest BCUT2D eigenvalue weighted by molar-refractivity contribution is 5.74. The average Bonchev–Trinajstić information content (AvgIpc) is 3.23. The highest BCUT2D eigenvalue weighted by atomic mass is 16.5. The molecule has 3 heterocycles. The van der Waals surface area contributed by atoms with Crippen molar-refractivity contribution in [1.29, 1.82) is 0 Å². The van der Waals surface area contributed by atoms with E-state index >= 15 is 0 Å². The quantitative estimate of drug-likeness (QED) is 0.838. The number of amides is 2. The molecule has 0 saturated carbocycles. The summed E-state index contributed by atoms with van der Waals surface area (Å²) >= 11 is 0. The minimum absolute atomic E-state index is 0.101. The predicted molar refractivity (Wildman–Crippen MR) is 94.6 cm³/mol. The van der Waals surface area contributed by atoms with Crippen LogP contribution in [-0.2, 0) is 30.7 Å². The molecule has 1 aliphatic rings. The van der Waals surface area contributed by atoms with Crippen LogP contribution >= 0.6 is 0 Å². The van der Waals surface area contributed by atoms with Crippen LogP contribution < -0.4 is 5.32 Å². The van der Waals surface area contributed by atoms with Crippen LogP contribution in [0.2, 0.25) is 0 Å². The van der Waals surface area contributed by atoms with Gasteiger partial charge in [-0.2, -0.15) is 10.1 Å². The lowest BCUT2D eigenvalue weighted by atomic mass is 10.1. The third-order valence-electron chi connectivity index (χ3n) is 4.30. The van der Waals surface area contributed by atoms with Gasteiger partial charge >= 0.3 is 6.03 Å². The fraction of sp³-hybridized carbons (Fsp3) is 0.647. The largest absolute Gasteiger partial charge is 0.376 e. The Labute approximate surface area is 152 Å². The normalized spacial score (nSPS) is 13.7. The van der Waals surface area contributed by atoms with Crippen LogP contribution in [0.15, 0.2) is 4.52 Å². The summed E-state index contributed by atoms with van der Waals surface area (Å²) in [6, 6.07) is -0.0135. The van der Waals surface area contributed by atoms with Gasteiger partial charge in [0.25, 0.3) is 5.89 Å². The minimum atomic E-state index is -0.114. The van der Waals surface area contributed by atoms with E-state index in [1.54, 1.807) is 11.9 Å². The monoisotopic (exact) mass is 362 g/mol. The molecule has 0 aromatic carbocycles. The molecule has 0 radical (unpaired) electrons. The van der Waals surface area contributed by atoms with Crippen molar-refractivity contribution in [2.24, 2.45) is 0 Å². The maximum absolute atomic E-state index is 11.9. The molecule has 0 unspecified atom stereocenters. The van der Waals surface area contributed by atoms with Gasteiger partial charge in [-0.25, -0.2) is 4.79 Å². The summed E-state index contributed by atoms with van der Waals surface area (Å²) in [6.45, 7) is 8.43. The number of aryl methyl sites for hydroxylation is 1. The second kappa shape index (κ2) is 7.86. The van der Waals surface area contributed by atoms with E-state index < -0.39 is 0 Å². The highest BCUT2D eigenvalue weighted by Crippen LogP contribution is 2.28. The van der Waals surface area contributed by atoms with E-state index in [1.807, 2.05) is 18.5 Å². The van der Waals surface area contributed by atoms with Gasteiger partial charge in [-0.3, -0.25) is 4.68 Å². The second-order valence-corrected chi connectivity index (χ2v) is 6.68. The summed E-state index contributed by atoms with van der Waals surface area (Å²) in [4.78, 5) is 18.0. The molecule has 0 spiro atoms. The van der Waals surface area contributed by atoms with Gasteiger partial charge in [0.15, 0.2) is 11.5 Å². The third-order valence-corrected chi connectivity index (χ3v) is 4.30. The van der Waals surface area contributed by atoms with E-state index in [2.05, 4.69) is 27.5 Å². The Kier molecular flexibility index (Phi) is 5.55. The van der Waals surface area contributed by atoms with Crippen LogP contribution in [-0.4, -0.2) is 57.1 Å². The van der Waals surface area contributed by atoms with Gasteiger partial charge in [-0.05, 0) is 20.8 Å². The zero-order chi connectivity index (χ0) is 18.7. The van der Waals surface area contributed by atoms with Gasteiger partial charge in [0.05, 0.1) is 13.2 Å². The number of carbonyl (C=O) groups is 1. The van der Waals surface area contributed by atoms with E-state index in [4.69, 9.17) is 9.26 Å². The maximum Gasteiger partial charge on any atom is 0.317 e. The van der Waals surface area contributed by atoms with E-state index in [0.717, 1.165) is 18.5 Å². The Morgan fingerprint density at radius 2 is 2.23 bits per heavy atom. The Bertz CT molecular complexity index is 767. The van der Waals surface area contributed by atoms with Crippen molar-refractivity contribution in [2.45, 2.75) is 52.8 Å². The number of urea groups is 1. The molecule has 26 heavy (non-hydrogen) atoms. The summed E-state index contributed by atoms with van der Waals surface area (Å²) in [5.74, 6) is 0.962.